The number of benzene rings is 1. The van der Waals surface area contributed by atoms with Crippen molar-refractivity contribution in [2.45, 2.75) is 19.6 Å². The zero-order valence-corrected chi connectivity index (χ0v) is 15.3. The van der Waals surface area contributed by atoms with Crippen molar-refractivity contribution in [2.75, 3.05) is 5.32 Å². The van der Waals surface area contributed by atoms with E-state index in [1.165, 1.54) is 19.1 Å². The van der Waals surface area contributed by atoms with Gasteiger partial charge in [0.1, 0.15) is 11.5 Å². The number of carbonyl (C=O) groups excluding carboxylic acids is 2. The highest BCUT2D eigenvalue weighted by Crippen LogP contribution is 2.30. The van der Waals surface area contributed by atoms with Crippen molar-refractivity contribution in [1.82, 2.24) is 10.3 Å². The van der Waals surface area contributed by atoms with Gasteiger partial charge in [0.15, 0.2) is 10.9 Å². The van der Waals surface area contributed by atoms with E-state index in [-0.39, 0.29) is 23.1 Å². The predicted molar refractivity (Wildman–Crippen MR) is 96.7 cm³/mol. The molecule has 1 aromatic carbocycles. The number of aromatic nitrogens is 1. The lowest BCUT2D eigenvalue weighted by Crippen LogP contribution is -2.18. The van der Waals surface area contributed by atoms with Gasteiger partial charge in [0.05, 0.1) is 12.1 Å². The van der Waals surface area contributed by atoms with Crippen molar-refractivity contribution in [3.8, 4) is 11.5 Å². The summed E-state index contributed by atoms with van der Waals surface area (Å²) in [5.41, 5.74) is -0.567. The fourth-order valence-electron chi connectivity index (χ4n) is 2.27. The average Bonchev–Trinajstić information content (AvgIpc) is 3.28. The minimum Gasteiger partial charge on any atom is -0.458 e. The first-order valence-corrected chi connectivity index (χ1v) is 8.88. The van der Waals surface area contributed by atoms with E-state index >= 15 is 0 Å². The molecule has 0 saturated carbocycles. The molecule has 0 radical (unpaired) electrons. The molecule has 2 heterocycles. The van der Waals surface area contributed by atoms with Crippen LogP contribution in [0.5, 0.6) is 0 Å². The zero-order valence-electron chi connectivity index (χ0n) is 14.5. The molecule has 0 spiro atoms. The molecule has 0 aliphatic rings. The van der Waals surface area contributed by atoms with Crippen LogP contribution in [0, 0.1) is 0 Å². The third kappa shape index (κ3) is 4.77. The minimum absolute atomic E-state index is 0.123. The Morgan fingerprint density at radius 3 is 2.71 bits per heavy atom. The van der Waals surface area contributed by atoms with Crippen LogP contribution >= 0.6 is 11.3 Å². The lowest BCUT2D eigenvalue weighted by molar-refractivity contribution is -0.137. The molecule has 0 aliphatic carbocycles. The maximum Gasteiger partial charge on any atom is 0.416 e. The minimum atomic E-state index is -4.53. The average molecular weight is 409 g/mol. The van der Waals surface area contributed by atoms with E-state index in [9.17, 15) is 22.8 Å². The van der Waals surface area contributed by atoms with Crippen LogP contribution in [0.1, 0.15) is 28.6 Å². The largest absolute Gasteiger partial charge is 0.458 e. The summed E-state index contributed by atoms with van der Waals surface area (Å²) in [5, 5.41) is 6.94. The number of nitrogens with zero attached hydrogens (tertiary/aromatic N) is 1. The number of carbonyl (C=O) groups is 2. The Morgan fingerprint density at radius 2 is 2.00 bits per heavy atom. The number of anilines is 1. The van der Waals surface area contributed by atoms with E-state index in [1.807, 2.05) is 0 Å². The molecule has 3 rings (SSSR count). The summed E-state index contributed by atoms with van der Waals surface area (Å²) in [4.78, 5) is 27.4. The monoisotopic (exact) mass is 409 g/mol. The first kappa shape index (κ1) is 19.6. The normalized spacial score (nSPS) is 11.3. The summed E-state index contributed by atoms with van der Waals surface area (Å²) in [5.74, 6) is 0.0907. The first-order chi connectivity index (χ1) is 13.2. The van der Waals surface area contributed by atoms with Gasteiger partial charge < -0.3 is 9.73 Å². The van der Waals surface area contributed by atoms with Gasteiger partial charge in [-0.2, -0.15) is 13.2 Å². The van der Waals surface area contributed by atoms with Crippen molar-refractivity contribution in [1.29, 1.82) is 0 Å². The van der Waals surface area contributed by atoms with E-state index in [0.29, 0.717) is 17.2 Å². The van der Waals surface area contributed by atoms with E-state index in [4.69, 9.17) is 4.42 Å². The van der Waals surface area contributed by atoms with Crippen molar-refractivity contribution in [3.63, 3.8) is 0 Å². The van der Waals surface area contributed by atoms with E-state index < -0.39 is 17.6 Å². The topological polar surface area (TPSA) is 84.2 Å². The second kappa shape index (κ2) is 7.85. The van der Waals surface area contributed by atoms with Gasteiger partial charge in [-0.15, -0.1) is 11.3 Å². The summed E-state index contributed by atoms with van der Waals surface area (Å²) in [6.07, 6.45) is -4.53. The van der Waals surface area contributed by atoms with Gasteiger partial charge in [0.25, 0.3) is 5.91 Å². The third-order valence-corrected chi connectivity index (χ3v) is 4.36. The summed E-state index contributed by atoms with van der Waals surface area (Å²) in [6, 6.07) is 7.50. The number of hydrogen-bond acceptors (Lipinski definition) is 5. The molecule has 6 nitrogen and oxygen atoms in total. The maximum atomic E-state index is 12.8. The maximum absolute atomic E-state index is 12.8. The molecule has 0 unspecified atom stereocenters. The fourth-order valence-corrected chi connectivity index (χ4v) is 2.97. The van der Waals surface area contributed by atoms with Crippen LogP contribution in [0.2, 0.25) is 0 Å². The number of furan rings is 1. The van der Waals surface area contributed by atoms with Crippen molar-refractivity contribution < 1.29 is 27.2 Å². The lowest BCUT2D eigenvalue weighted by Gasteiger charge is -2.08. The van der Waals surface area contributed by atoms with Gasteiger partial charge in [0.2, 0.25) is 5.91 Å². The number of alkyl halides is 3. The molecule has 2 aromatic heterocycles. The van der Waals surface area contributed by atoms with Gasteiger partial charge in [-0.1, -0.05) is 6.07 Å². The number of rotatable bonds is 5. The van der Waals surface area contributed by atoms with Crippen LogP contribution in [-0.4, -0.2) is 16.8 Å². The van der Waals surface area contributed by atoms with E-state index in [0.717, 1.165) is 23.5 Å². The van der Waals surface area contributed by atoms with Gasteiger partial charge in [0, 0.05) is 17.9 Å². The Hall–Kier alpha value is -3.14. The molecule has 0 fully saturated rings. The molecule has 2 N–H and O–H groups in total. The van der Waals surface area contributed by atoms with E-state index in [2.05, 4.69) is 15.6 Å². The fraction of sp³-hybridized carbons (Fsp3) is 0.167. The molecule has 10 heteroatoms. The molecule has 0 aliphatic heterocycles. The third-order valence-electron chi connectivity index (χ3n) is 3.60. The van der Waals surface area contributed by atoms with Crippen LogP contribution in [-0.2, 0) is 17.5 Å². The molecule has 0 atom stereocenters. The van der Waals surface area contributed by atoms with Crippen molar-refractivity contribution >= 4 is 28.3 Å². The van der Waals surface area contributed by atoms with Crippen LogP contribution in [0.3, 0.4) is 0 Å². The highest BCUT2D eigenvalue weighted by Gasteiger charge is 2.31. The van der Waals surface area contributed by atoms with Gasteiger partial charge >= 0.3 is 6.18 Å². The van der Waals surface area contributed by atoms with Crippen molar-refractivity contribution in [3.05, 3.63) is 58.7 Å². The Balaban J connectivity index is 1.69. The Kier molecular flexibility index (Phi) is 5.50. The molecular formula is C18H14F3N3O3S. The number of halogens is 3. The second-order valence-electron chi connectivity index (χ2n) is 5.75. The Morgan fingerprint density at radius 1 is 1.21 bits per heavy atom. The van der Waals surface area contributed by atoms with Gasteiger partial charge in [-0.3, -0.25) is 14.9 Å². The van der Waals surface area contributed by atoms with Crippen LogP contribution in [0.15, 0.2) is 46.2 Å². The molecule has 3 aromatic rings. The number of nitrogens with one attached hydrogen (secondary N) is 2. The first-order valence-electron chi connectivity index (χ1n) is 8.00. The molecule has 0 saturated heterocycles. The standard InChI is InChI=1S/C18H14F3N3O3S/c1-10(25)22-8-13-5-6-15(27-13)14-9-28-17(23-14)24-16(26)11-3-2-4-12(7-11)18(19,20)21/h2-7,9H,8H2,1H3,(H,22,25)(H,23,24,26). The molecule has 0 bridgehead atoms. The van der Waals surface area contributed by atoms with Crippen LogP contribution < -0.4 is 10.6 Å². The zero-order chi connectivity index (χ0) is 20.3. The summed E-state index contributed by atoms with van der Waals surface area (Å²) in [6.45, 7) is 1.63. The quantitative estimate of drug-likeness (QED) is 0.658. The number of hydrogen-bond donors (Lipinski definition) is 2. The second-order valence-corrected chi connectivity index (χ2v) is 6.60. The molecule has 28 heavy (non-hydrogen) atoms. The van der Waals surface area contributed by atoms with Crippen LogP contribution in [0.25, 0.3) is 11.5 Å². The summed E-state index contributed by atoms with van der Waals surface area (Å²) < 4.78 is 43.9. The van der Waals surface area contributed by atoms with Gasteiger partial charge in [-0.25, -0.2) is 4.98 Å². The Labute approximate surface area is 161 Å². The molecular weight excluding hydrogens is 395 g/mol. The SMILES string of the molecule is CC(=O)NCc1ccc(-c2csc(NC(=O)c3cccc(C(F)(F)F)c3)n2)o1. The Bertz CT molecular complexity index is 1010. The predicted octanol–water partition coefficient (Wildman–Crippen LogP) is 4.31. The lowest BCUT2D eigenvalue weighted by atomic mass is 10.1. The number of amides is 2. The molecule has 2 amide bonds. The summed E-state index contributed by atoms with van der Waals surface area (Å²) >= 11 is 1.11. The van der Waals surface area contributed by atoms with Crippen molar-refractivity contribution in [2.24, 2.45) is 0 Å². The molecule has 146 valence electrons. The smallest absolute Gasteiger partial charge is 0.416 e. The van der Waals surface area contributed by atoms with E-state index in [1.54, 1.807) is 17.5 Å². The highest BCUT2D eigenvalue weighted by atomic mass is 32.1. The summed E-state index contributed by atoms with van der Waals surface area (Å²) in [7, 11) is 0. The highest BCUT2D eigenvalue weighted by molar-refractivity contribution is 7.14. The van der Waals surface area contributed by atoms with Gasteiger partial charge in [-0.05, 0) is 30.3 Å². The van der Waals surface area contributed by atoms with Crippen LogP contribution in [0.4, 0.5) is 18.3 Å². The number of thiazole rings is 1.